The lowest BCUT2D eigenvalue weighted by molar-refractivity contribution is 1.18. The van der Waals surface area contributed by atoms with Crippen molar-refractivity contribution in [2.75, 3.05) is 0 Å². The molecule has 0 saturated carbocycles. The minimum absolute atomic E-state index is 0.698. The molecule has 1 aromatic heterocycles. The van der Waals surface area contributed by atoms with E-state index >= 15 is 0 Å². The molecule has 0 aliphatic carbocycles. The summed E-state index contributed by atoms with van der Waals surface area (Å²) in [4.78, 5) is 10.3. The van der Waals surface area contributed by atoms with Crippen molar-refractivity contribution in [3.05, 3.63) is 218 Å². The summed E-state index contributed by atoms with van der Waals surface area (Å²) in [6.45, 7) is 0. The van der Waals surface area contributed by atoms with Gasteiger partial charge < -0.3 is 0 Å². The predicted molar refractivity (Wildman–Crippen MR) is 226 cm³/mol. The van der Waals surface area contributed by atoms with Crippen molar-refractivity contribution >= 4 is 0 Å². The molecule has 0 aliphatic rings. The summed E-state index contributed by atoms with van der Waals surface area (Å²) in [5.74, 6) is 0.698. The summed E-state index contributed by atoms with van der Waals surface area (Å²) >= 11 is 0. The average molecular weight is 689 g/mol. The predicted octanol–water partition coefficient (Wildman–Crippen LogP) is 13.8. The molecule has 0 amide bonds. The standard InChI is InChI=1S/C52H36N2/c1-6-16-37(17-7-1)40-26-28-41(29-27-40)46-33-48(47-31-44(38-18-8-2-9-19-38)30-45(32-47)39-20-10-3-11-21-39)35-49(34-46)51-36-50(42-22-12-4-13-23-42)53-52(54-51)43-24-14-5-15-25-43/h1-36H. The Bertz CT molecular complexity index is 2390. The Labute approximate surface area is 316 Å². The molecule has 0 atom stereocenters. The topological polar surface area (TPSA) is 25.8 Å². The Morgan fingerprint density at radius 1 is 0.185 bits per heavy atom. The van der Waals surface area contributed by atoms with Crippen molar-refractivity contribution < 1.29 is 0 Å². The second kappa shape index (κ2) is 14.8. The molecular weight excluding hydrogens is 653 g/mol. The van der Waals surface area contributed by atoms with Gasteiger partial charge in [-0.2, -0.15) is 0 Å². The fraction of sp³-hybridized carbons (Fsp3) is 0. The minimum Gasteiger partial charge on any atom is -0.228 e. The molecule has 0 saturated heterocycles. The third kappa shape index (κ3) is 7.01. The molecule has 9 aromatic rings. The summed E-state index contributed by atoms with van der Waals surface area (Å²) in [5, 5.41) is 0. The maximum atomic E-state index is 5.24. The highest BCUT2D eigenvalue weighted by Gasteiger charge is 2.15. The maximum absolute atomic E-state index is 5.24. The first-order valence-corrected chi connectivity index (χ1v) is 18.3. The zero-order valence-electron chi connectivity index (χ0n) is 29.7. The molecule has 54 heavy (non-hydrogen) atoms. The van der Waals surface area contributed by atoms with Crippen molar-refractivity contribution in [2.24, 2.45) is 0 Å². The molecule has 8 aromatic carbocycles. The third-order valence-corrected chi connectivity index (χ3v) is 9.86. The van der Waals surface area contributed by atoms with Crippen molar-refractivity contribution in [3.8, 4) is 89.5 Å². The Morgan fingerprint density at radius 2 is 0.444 bits per heavy atom. The van der Waals surface area contributed by atoms with Gasteiger partial charge >= 0.3 is 0 Å². The van der Waals surface area contributed by atoms with Gasteiger partial charge in [0.25, 0.3) is 0 Å². The molecule has 0 fully saturated rings. The van der Waals surface area contributed by atoms with Crippen LogP contribution < -0.4 is 0 Å². The first kappa shape index (κ1) is 32.7. The van der Waals surface area contributed by atoms with E-state index in [1.807, 2.05) is 24.3 Å². The van der Waals surface area contributed by atoms with Crippen LogP contribution in [0.3, 0.4) is 0 Å². The first-order chi connectivity index (χ1) is 26.7. The van der Waals surface area contributed by atoms with Crippen molar-refractivity contribution in [2.45, 2.75) is 0 Å². The van der Waals surface area contributed by atoms with E-state index in [-0.39, 0.29) is 0 Å². The zero-order valence-corrected chi connectivity index (χ0v) is 29.7. The largest absolute Gasteiger partial charge is 0.228 e. The van der Waals surface area contributed by atoms with E-state index in [2.05, 4.69) is 194 Å². The summed E-state index contributed by atoms with van der Waals surface area (Å²) in [6, 6.07) is 77.2. The molecular formula is C52H36N2. The van der Waals surface area contributed by atoms with E-state index in [9.17, 15) is 0 Å². The second-order valence-electron chi connectivity index (χ2n) is 13.5. The van der Waals surface area contributed by atoms with Gasteiger partial charge in [-0.25, -0.2) is 9.97 Å². The molecule has 0 spiro atoms. The van der Waals surface area contributed by atoms with Crippen LogP contribution >= 0.6 is 0 Å². The van der Waals surface area contributed by atoms with Crippen molar-refractivity contribution in [1.82, 2.24) is 9.97 Å². The van der Waals surface area contributed by atoms with Gasteiger partial charge in [0.05, 0.1) is 11.4 Å². The number of hydrogen-bond donors (Lipinski definition) is 0. The molecule has 0 aliphatic heterocycles. The average Bonchev–Trinajstić information content (AvgIpc) is 3.27. The smallest absolute Gasteiger partial charge is 0.160 e. The highest BCUT2D eigenvalue weighted by Crippen LogP contribution is 2.38. The Morgan fingerprint density at radius 3 is 0.852 bits per heavy atom. The van der Waals surface area contributed by atoms with E-state index in [0.717, 1.165) is 50.3 Å². The fourth-order valence-electron chi connectivity index (χ4n) is 7.05. The maximum Gasteiger partial charge on any atom is 0.160 e. The van der Waals surface area contributed by atoms with E-state index in [0.29, 0.717) is 5.82 Å². The van der Waals surface area contributed by atoms with E-state index in [1.54, 1.807) is 0 Å². The summed E-state index contributed by atoms with van der Waals surface area (Å²) in [5.41, 5.74) is 16.4. The van der Waals surface area contributed by atoms with Gasteiger partial charge in [0, 0.05) is 16.7 Å². The van der Waals surface area contributed by atoms with Crippen LogP contribution in [0.15, 0.2) is 218 Å². The van der Waals surface area contributed by atoms with Crippen LogP contribution in [0, 0.1) is 0 Å². The summed E-state index contributed by atoms with van der Waals surface area (Å²) in [6.07, 6.45) is 0. The van der Waals surface area contributed by atoms with Crippen LogP contribution in [-0.2, 0) is 0 Å². The first-order valence-electron chi connectivity index (χ1n) is 18.3. The van der Waals surface area contributed by atoms with Gasteiger partial charge in [-0.15, -0.1) is 0 Å². The third-order valence-electron chi connectivity index (χ3n) is 9.86. The normalized spacial score (nSPS) is 11.0. The van der Waals surface area contributed by atoms with Crippen LogP contribution in [-0.4, -0.2) is 9.97 Å². The zero-order chi connectivity index (χ0) is 36.1. The number of hydrogen-bond acceptors (Lipinski definition) is 2. The summed E-state index contributed by atoms with van der Waals surface area (Å²) in [7, 11) is 0. The fourth-order valence-corrected chi connectivity index (χ4v) is 7.05. The number of aromatic nitrogens is 2. The highest BCUT2D eigenvalue weighted by atomic mass is 14.9. The van der Waals surface area contributed by atoms with Gasteiger partial charge in [0.1, 0.15) is 0 Å². The lowest BCUT2D eigenvalue weighted by Crippen LogP contribution is -1.96. The molecule has 1 heterocycles. The number of benzene rings is 8. The van der Waals surface area contributed by atoms with Crippen LogP contribution in [0.25, 0.3) is 89.5 Å². The van der Waals surface area contributed by atoms with Gasteiger partial charge in [-0.1, -0.05) is 176 Å². The Hall–Kier alpha value is -7.16. The van der Waals surface area contributed by atoms with Gasteiger partial charge in [0.2, 0.25) is 0 Å². The van der Waals surface area contributed by atoms with E-state index in [1.165, 1.54) is 33.4 Å². The number of nitrogens with zero attached hydrogens (tertiary/aromatic N) is 2. The van der Waals surface area contributed by atoms with Crippen LogP contribution in [0.2, 0.25) is 0 Å². The monoisotopic (exact) mass is 688 g/mol. The van der Waals surface area contributed by atoms with Gasteiger partial charge in [-0.05, 0) is 98.1 Å². The molecule has 0 N–H and O–H groups in total. The molecule has 2 heteroatoms. The van der Waals surface area contributed by atoms with Crippen LogP contribution in [0.4, 0.5) is 0 Å². The van der Waals surface area contributed by atoms with E-state index < -0.39 is 0 Å². The molecule has 0 bridgehead atoms. The molecule has 2 nitrogen and oxygen atoms in total. The van der Waals surface area contributed by atoms with Gasteiger partial charge in [0.15, 0.2) is 5.82 Å². The lowest BCUT2D eigenvalue weighted by atomic mass is 9.90. The second-order valence-corrected chi connectivity index (χ2v) is 13.5. The van der Waals surface area contributed by atoms with Crippen LogP contribution in [0.5, 0.6) is 0 Å². The molecule has 0 radical (unpaired) electrons. The van der Waals surface area contributed by atoms with Gasteiger partial charge in [-0.3, -0.25) is 0 Å². The molecule has 9 rings (SSSR count). The highest BCUT2D eigenvalue weighted by molar-refractivity contribution is 5.86. The Kier molecular flexibility index (Phi) is 8.99. The quantitative estimate of drug-likeness (QED) is 0.159. The molecule has 0 unspecified atom stereocenters. The molecule has 254 valence electrons. The van der Waals surface area contributed by atoms with E-state index in [4.69, 9.17) is 9.97 Å². The Balaban J connectivity index is 1.26. The summed E-state index contributed by atoms with van der Waals surface area (Å²) < 4.78 is 0. The van der Waals surface area contributed by atoms with Crippen molar-refractivity contribution in [3.63, 3.8) is 0 Å². The van der Waals surface area contributed by atoms with Crippen LogP contribution in [0.1, 0.15) is 0 Å². The van der Waals surface area contributed by atoms with Crippen molar-refractivity contribution in [1.29, 1.82) is 0 Å². The lowest BCUT2D eigenvalue weighted by Gasteiger charge is -2.15. The number of rotatable bonds is 8. The minimum atomic E-state index is 0.698. The SMILES string of the molecule is c1ccc(-c2ccc(-c3cc(-c4cc(-c5ccccc5)cc(-c5ccccc5)c4)cc(-c4cc(-c5ccccc5)nc(-c5ccccc5)n4)c3)cc2)cc1.